The maximum atomic E-state index is 4.97. The van der Waals surface area contributed by atoms with Crippen molar-refractivity contribution in [1.29, 1.82) is 0 Å². The van der Waals surface area contributed by atoms with Crippen molar-refractivity contribution in [3.05, 3.63) is 52.5 Å². The first kappa shape index (κ1) is 19.4. The van der Waals surface area contributed by atoms with E-state index in [1.54, 1.807) is 0 Å². The van der Waals surface area contributed by atoms with E-state index in [1.165, 1.54) is 27.6 Å². The third-order valence-electron chi connectivity index (χ3n) is 5.23. The predicted molar refractivity (Wildman–Crippen MR) is 115 cm³/mol. The molecule has 3 aromatic heterocycles. The Bertz CT molecular complexity index is 1130. The predicted octanol–water partition coefficient (Wildman–Crippen LogP) is 5.72. The van der Waals surface area contributed by atoms with Gasteiger partial charge in [-0.2, -0.15) is 9.61 Å². The summed E-state index contributed by atoms with van der Waals surface area (Å²) in [7, 11) is 0. The van der Waals surface area contributed by atoms with Gasteiger partial charge < -0.3 is 4.57 Å². The Labute approximate surface area is 166 Å². The molecule has 0 unspecified atom stereocenters. The van der Waals surface area contributed by atoms with Crippen LogP contribution in [-0.4, -0.2) is 19.2 Å². The summed E-state index contributed by atoms with van der Waals surface area (Å²) in [6.07, 6.45) is 3.25. The van der Waals surface area contributed by atoms with Gasteiger partial charge in [-0.15, -0.1) is 12.4 Å². The van der Waals surface area contributed by atoms with Gasteiger partial charge in [0.1, 0.15) is 5.65 Å². The minimum absolute atomic E-state index is 0. The lowest BCUT2D eigenvalue weighted by molar-refractivity contribution is 0.687. The summed E-state index contributed by atoms with van der Waals surface area (Å²) in [5, 5.41) is 6.09. The zero-order valence-corrected chi connectivity index (χ0v) is 17.7. The fourth-order valence-electron chi connectivity index (χ4n) is 4.26. The first-order valence-corrected chi connectivity index (χ1v) is 9.35. The van der Waals surface area contributed by atoms with E-state index in [-0.39, 0.29) is 12.4 Å². The largest absolute Gasteiger partial charge is 0.332 e. The van der Waals surface area contributed by atoms with Crippen LogP contribution in [0.15, 0.2) is 24.4 Å². The molecule has 0 atom stereocenters. The minimum Gasteiger partial charge on any atom is -0.332 e. The van der Waals surface area contributed by atoms with Gasteiger partial charge in [-0.1, -0.05) is 24.6 Å². The van der Waals surface area contributed by atoms with Crippen molar-refractivity contribution >= 4 is 29.1 Å². The number of aromatic nitrogens is 4. The maximum absolute atomic E-state index is 4.97. The van der Waals surface area contributed by atoms with Crippen LogP contribution in [0.1, 0.15) is 41.4 Å². The molecule has 0 amide bonds. The van der Waals surface area contributed by atoms with Crippen molar-refractivity contribution in [2.45, 2.75) is 54.5 Å². The first-order chi connectivity index (χ1) is 12.4. The third kappa shape index (κ3) is 2.92. The summed E-state index contributed by atoms with van der Waals surface area (Å²) < 4.78 is 4.34. The Kier molecular flexibility index (Phi) is 5.04. The van der Waals surface area contributed by atoms with Crippen LogP contribution >= 0.6 is 12.4 Å². The van der Waals surface area contributed by atoms with E-state index in [9.17, 15) is 0 Å². The number of halogens is 1. The molecule has 4 rings (SSSR count). The monoisotopic (exact) mass is 382 g/mol. The zero-order chi connectivity index (χ0) is 18.6. The summed E-state index contributed by atoms with van der Waals surface area (Å²) in [6.45, 7) is 13.9. The lowest BCUT2D eigenvalue weighted by atomic mass is 9.94. The smallest absolute Gasteiger partial charge is 0.165 e. The van der Waals surface area contributed by atoms with Crippen LogP contribution in [0.4, 0.5) is 0 Å². The molecule has 0 spiro atoms. The van der Waals surface area contributed by atoms with E-state index in [2.05, 4.69) is 70.5 Å². The van der Waals surface area contributed by atoms with Crippen LogP contribution in [0.3, 0.4) is 0 Å². The second-order valence-electron chi connectivity index (χ2n) is 7.41. The van der Waals surface area contributed by atoms with Gasteiger partial charge in [-0.05, 0) is 63.8 Å². The van der Waals surface area contributed by atoms with E-state index in [1.807, 2.05) is 4.52 Å². The van der Waals surface area contributed by atoms with Crippen LogP contribution in [0.5, 0.6) is 0 Å². The van der Waals surface area contributed by atoms with Gasteiger partial charge in [-0.25, -0.2) is 4.98 Å². The molecular weight excluding hydrogens is 356 g/mol. The van der Waals surface area contributed by atoms with Gasteiger partial charge in [0.2, 0.25) is 0 Å². The minimum atomic E-state index is 0. The average Bonchev–Trinajstić information content (AvgIpc) is 3.10. The lowest BCUT2D eigenvalue weighted by Gasteiger charge is -2.12. The van der Waals surface area contributed by atoms with Crippen molar-refractivity contribution in [3.63, 3.8) is 0 Å². The number of hydrogen-bond acceptors (Lipinski definition) is 2. The van der Waals surface area contributed by atoms with Crippen molar-refractivity contribution in [3.8, 4) is 11.1 Å². The quantitative estimate of drug-likeness (QED) is 0.453. The Balaban J connectivity index is 0.00000210. The molecule has 4 aromatic rings. The summed E-state index contributed by atoms with van der Waals surface area (Å²) in [5.74, 6) is 0. The maximum Gasteiger partial charge on any atom is 0.165 e. The van der Waals surface area contributed by atoms with Crippen molar-refractivity contribution in [1.82, 2.24) is 19.2 Å². The van der Waals surface area contributed by atoms with E-state index in [4.69, 9.17) is 10.1 Å². The first-order valence-electron chi connectivity index (χ1n) is 9.35. The van der Waals surface area contributed by atoms with Gasteiger partial charge in [0, 0.05) is 18.1 Å². The van der Waals surface area contributed by atoms with Crippen molar-refractivity contribution in [2.24, 2.45) is 0 Å². The average molecular weight is 383 g/mol. The molecule has 27 heavy (non-hydrogen) atoms. The molecule has 3 heterocycles. The van der Waals surface area contributed by atoms with Crippen molar-refractivity contribution in [2.75, 3.05) is 0 Å². The molecule has 5 heteroatoms. The lowest BCUT2D eigenvalue weighted by Crippen LogP contribution is -2.03. The van der Waals surface area contributed by atoms with Crippen LogP contribution in [0, 0.1) is 34.6 Å². The Morgan fingerprint density at radius 3 is 2.22 bits per heavy atom. The van der Waals surface area contributed by atoms with E-state index in [0.29, 0.717) is 0 Å². The van der Waals surface area contributed by atoms with Crippen molar-refractivity contribution < 1.29 is 0 Å². The molecular formula is C22H27ClN4. The standard InChI is InChI=1S/C22H26N4.ClH/c1-7-9-25-10-8-18-16(5)23-21-20(17(6)24-26(21)22(18)25)19-14(3)11-13(2)12-15(19)4;/h8,10-12H,7,9H2,1-6H3;1H. The number of aryl methyl sites for hydroxylation is 6. The second-order valence-corrected chi connectivity index (χ2v) is 7.41. The molecule has 4 nitrogen and oxygen atoms in total. The highest BCUT2D eigenvalue weighted by atomic mass is 35.5. The highest BCUT2D eigenvalue weighted by molar-refractivity contribution is 5.89. The molecule has 0 fully saturated rings. The van der Waals surface area contributed by atoms with E-state index >= 15 is 0 Å². The van der Waals surface area contributed by atoms with Crippen LogP contribution in [0.25, 0.3) is 27.8 Å². The van der Waals surface area contributed by atoms with E-state index in [0.717, 1.165) is 41.2 Å². The number of nitrogens with zero attached hydrogens (tertiary/aromatic N) is 4. The SMILES string of the molecule is CCCn1ccc2c(C)nc3c(-c4c(C)cc(C)cc4C)c(C)nn3c21.Cl. The Hall–Kier alpha value is -2.33. The van der Waals surface area contributed by atoms with Gasteiger partial charge >= 0.3 is 0 Å². The second kappa shape index (κ2) is 7.01. The molecule has 0 aliphatic rings. The van der Waals surface area contributed by atoms with Crippen LogP contribution in [-0.2, 0) is 6.54 Å². The summed E-state index contributed by atoms with van der Waals surface area (Å²) in [5.41, 5.74) is 10.5. The Morgan fingerprint density at radius 2 is 1.59 bits per heavy atom. The normalized spacial score (nSPS) is 11.3. The number of rotatable bonds is 3. The van der Waals surface area contributed by atoms with Gasteiger partial charge in [0.25, 0.3) is 0 Å². The molecule has 0 saturated heterocycles. The highest BCUT2D eigenvalue weighted by Gasteiger charge is 2.20. The summed E-state index contributed by atoms with van der Waals surface area (Å²) in [4.78, 5) is 4.97. The van der Waals surface area contributed by atoms with E-state index < -0.39 is 0 Å². The fourth-order valence-corrected chi connectivity index (χ4v) is 4.26. The molecule has 0 bridgehead atoms. The van der Waals surface area contributed by atoms with Gasteiger partial charge in [-0.3, -0.25) is 0 Å². The fraction of sp³-hybridized carbons (Fsp3) is 0.364. The third-order valence-corrected chi connectivity index (χ3v) is 5.23. The zero-order valence-electron chi connectivity index (χ0n) is 16.9. The number of benzene rings is 1. The van der Waals surface area contributed by atoms with Crippen LogP contribution in [0.2, 0.25) is 0 Å². The van der Waals surface area contributed by atoms with Gasteiger partial charge in [0.15, 0.2) is 5.65 Å². The number of hydrogen-bond donors (Lipinski definition) is 0. The summed E-state index contributed by atoms with van der Waals surface area (Å²) >= 11 is 0. The summed E-state index contributed by atoms with van der Waals surface area (Å²) in [6, 6.07) is 6.65. The molecule has 1 aromatic carbocycles. The molecule has 142 valence electrons. The van der Waals surface area contributed by atoms with Gasteiger partial charge in [0.05, 0.1) is 17.0 Å². The molecule has 0 radical (unpaired) electrons. The Morgan fingerprint density at radius 1 is 0.926 bits per heavy atom. The number of fused-ring (bicyclic) bond motifs is 3. The molecule has 0 aliphatic carbocycles. The molecule has 0 N–H and O–H groups in total. The molecule has 0 aliphatic heterocycles. The topological polar surface area (TPSA) is 35.1 Å². The van der Waals surface area contributed by atoms with Crippen LogP contribution < -0.4 is 0 Å². The highest BCUT2D eigenvalue weighted by Crippen LogP contribution is 2.35. The molecule has 0 saturated carbocycles.